The summed E-state index contributed by atoms with van der Waals surface area (Å²) < 4.78 is 13.7. The van der Waals surface area contributed by atoms with Gasteiger partial charge in [-0.15, -0.1) is 0 Å². The Hall–Kier alpha value is -2.84. The molecule has 3 heterocycles. The lowest BCUT2D eigenvalue weighted by molar-refractivity contribution is -0.150. The molecule has 32 heavy (non-hydrogen) atoms. The Bertz CT molecular complexity index is 1120. The summed E-state index contributed by atoms with van der Waals surface area (Å²) >= 11 is 1.23. The fourth-order valence-electron chi connectivity index (χ4n) is 5.27. The number of piperidine rings is 1. The van der Waals surface area contributed by atoms with Crippen molar-refractivity contribution in [2.45, 2.75) is 37.9 Å². The van der Waals surface area contributed by atoms with Gasteiger partial charge in [-0.05, 0) is 36.1 Å². The van der Waals surface area contributed by atoms with E-state index in [0.29, 0.717) is 6.54 Å². The molecule has 0 N–H and O–H groups in total. The van der Waals surface area contributed by atoms with E-state index < -0.39 is 11.5 Å². The van der Waals surface area contributed by atoms with Gasteiger partial charge in [-0.2, -0.15) is 8.75 Å². The van der Waals surface area contributed by atoms with Gasteiger partial charge in [-0.3, -0.25) is 14.5 Å². The molecule has 8 heteroatoms. The number of likely N-dealkylation sites (tertiary alicyclic amines) is 2. The second-order valence-electron chi connectivity index (χ2n) is 8.71. The van der Waals surface area contributed by atoms with E-state index in [4.69, 9.17) is 4.74 Å². The average molecular weight is 451 g/mol. The van der Waals surface area contributed by atoms with Gasteiger partial charge in [-0.1, -0.05) is 36.4 Å². The van der Waals surface area contributed by atoms with Crippen LogP contribution in [0.3, 0.4) is 0 Å². The summed E-state index contributed by atoms with van der Waals surface area (Å²) in [6.07, 6.45) is 1.74. The largest absolute Gasteiger partial charge is 0.469 e. The van der Waals surface area contributed by atoms with Crippen LogP contribution in [0, 0.1) is 5.92 Å². The number of hydrogen-bond donors (Lipinski definition) is 0. The lowest BCUT2D eigenvalue weighted by Gasteiger charge is -2.47. The van der Waals surface area contributed by atoms with Gasteiger partial charge in [0.2, 0.25) is 5.91 Å². The molecule has 2 aliphatic heterocycles. The number of carbonyl (C=O) groups is 2. The number of hydrogen-bond acceptors (Lipinski definition) is 7. The van der Waals surface area contributed by atoms with E-state index in [2.05, 4.69) is 25.8 Å². The highest BCUT2D eigenvalue weighted by Crippen LogP contribution is 2.45. The number of methoxy groups -OCH3 is 1. The molecule has 0 bridgehead atoms. The number of amides is 1. The molecular weight excluding hydrogens is 424 g/mol. The molecule has 0 aliphatic carbocycles. The highest BCUT2D eigenvalue weighted by atomic mass is 32.1. The highest BCUT2D eigenvalue weighted by molar-refractivity contribution is 7.00. The van der Waals surface area contributed by atoms with Gasteiger partial charge in [0.1, 0.15) is 11.0 Å². The minimum Gasteiger partial charge on any atom is -0.469 e. The Balaban J connectivity index is 1.35. The van der Waals surface area contributed by atoms with Crippen LogP contribution in [-0.4, -0.2) is 56.2 Å². The van der Waals surface area contributed by atoms with Crippen molar-refractivity contribution in [3.8, 4) is 0 Å². The Morgan fingerprint density at radius 2 is 1.81 bits per heavy atom. The van der Waals surface area contributed by atoms with Gasteiger partial charge < -0.3 is 9.64 Å². The van der Waals surface area contributed by atoms with Gasteiger partial charge in [0, 0.05) is 32.6 Å². The number of ether oxygens (including phenoxy) is 1. The van der Waals surface area contributed by atoms with Crippen molar-refractivity contribution in [3.63, 3.8) is 0 Å². The predicted octanol–water partition coefficient (Wildman–Crippen LogP) is 3.25. The van der Waals surface area contributed by atoms with Crippen molar-refractivity contribution >= 4 is 34.6 Å². The fourth-order valence-corrected chi connectivity index (χ4v) is 5.79. The molecule has 1 aromatic heterocycles. The topological polar surface area (TPSA) is 75.6 Å². The quantitative estimate of drug-likeness (QED) is 0.556. The summed E-state index contributed by atoms with van der Waals surface area (Å²) in [7, 11) is 1.42. The van der Waals surface area contributed by atoms with Crippen molar-refractivity contribution < 1.29 is 14.3 Å². The first-order valence-corrected chi connectivity index (χ1v) is 11.7. The molecule has 2 aromatic carbocycles. The predicted molar refractivity (Wildman–Crippen MR) is 122 cm³/mol. The first kappa shape index (κ1) is 21.0. The van der Waals surface area contributed by atoms with Crippen LogP contribution in [0.4, 0.5) is 0 Å². The van der Waals surface area contributed by atoms with Crippen molar-refractivity contribution in [1.82, 2.24) is 18.5 Å². The molecule has 7 nitrogen and oxygen atoms in total. The van der Waals surface area contributed by atoms with Crippen LogP contribution < -0.4 is 0 Å². The van der Waals surface area contributed by atoms with Crippen LogP contribution in [0.15, 0.2) is 48.5 Å². The standard InChI is InChI=1S/C24H26N4O3S/c1-31-23(30)19-14-22(29)28(16-17-5-3-2-4-6-17)24(19)9-11-27(12-10-24)15-18-7-8-20-21(13-18)26-32-25-20/h2-8,13,19H,9-12,14-16H2,1H3. The number of fused-ring (bicyclic) bond motifs is 1. The highest BCUT2D eigenvalue weighted by Gasteiger charge is 2.56. The minimum atomic E-state index is -0.487. The first-order valence-electron chi connectivity index (χ1n) is 10.9. The molecule has 0 saturated carbocycles. The molecule has 1 spiro atoms. The monoisotopic (exact) mass is 450 g/mol. The molecule has 1 unspecified atom stereocenters. The Morgan fingerprint density at radius 1 is 1.06 bits per heavy atom. The molecule has 2 saturated heterocycles. The van der Waals surface area contributed by atoms with E-state index in [1.807, 2.05) is 41.3 Å². The Kier molecular flexibility index (Phi) is 5.65. The zero-order chi connectivity index (χ0) is 22.1. The molecule has 3 aromatic rings. The summed E-state index contributed by atoms with van der Waals surface area (Å²) in [5.41, 5.74) is 3.66. The van der Waals surface area contributed by atoms with E-state index in [1.54, 1.807) is 0 Å². The van der Waals surface area contributed by atoms with Crippen LogP contribution in [0.1, 0.15) is 30.4 Å². The van der Waals surface area contributed by atoms with Gasteiger partial charge in [0.25, 0.3) is 0 Å². The van der Waals surface area contributed by atoms with Crippen LogP contribution in [0.25, 0.3) is 11.0 Å². The molecule has 1 amide bonds. The molecular formula is C24H26N4O3S. The zero-order valence-electron chi connectivity index (χ0n) is 18.1. The molecule has 2 aliphatic rings. The summed E-state index contributed by atoms with van der Waals surface area (Å²) in [4.78, 5) is 30.1. The van der Waals surface area contributed by atoms with Gasteiger partial charge in [0.05, 0.1) is 30.3 Å². The van der Waals surface area contributed by atoms with Crippen LogP contribution >= 0.6 is 11.7 Å². The maximum Gasteiger partial charge on any atom is 0.311 e. The summed E-state index contributed by atoms with van der Waals surface area (Å²) in [5, 5.41) is 0. The Labute approximate surface area is 191 Å². The average Bonchev–Trinajstić information content (AvgIpc) is 3.39. The van der Waals surface area contributed by atoms with Crippen LogP contribution in [-0.2, 0) is 27.4 Å². The number of rotatable bonds is 5. The van der Waals surface area contributed by atoms with Crippen molar-refractivity contribution in [1.29, 1.82) is 0 Å². The van der Waals surface area contributed by atoms with Crippen molar-refractivity contribution in [2.24, 2.45) is 5.92 Å². The molecule has 166 valence electrons. The minimum absolute atomic E-state index is 0.0409. The summed E-state index contributed by atoms with van der Waals surface area (Å²) in [6, 6.07) is 16.2. The number of carbonyl (C=O) groups excluding carboxylic acids is 2. The Morgan fingerprint density at radius 3 is 2.56 bits per heavy atom. The fraction of sp³-hybridized carbons (Fsp3) is 0.417. The maximum absolute atomic E-state index is 13.0. The van der Waals surface area contributed by atoms with Gasteiger partial charge >= 0.3 is 5.97 Å². The lowest BCUT2D eigenvalue weighted by atomic mass is 9.76. The first-order chi connectivity index (χ1) is 15.6. The third-order valence-corrected chi connectivity index (χ3v) is 7.54. The number of nitrogens with zero attached hydrogens (tertiary/aromatic N) is 4. The molecule has 5 rings (SSSR count). The third kappa shape index (κ3) is 3.78. The van der Waals surface area contributed by atoms with E-state index in [0.717, 1.165) is 49.1 Å². The smallest absolute Gasteiger partial charge is 0.311 e. The van der Waals surface area contributed by atoms with Crippen molar-refractivity contribution in [3.05, 3.63) is 59.7 Å². The maximum atomic E-state index is 13.0. The summed E-state index contributed by atoms with van der Waals surface area (Å²) in [6.45, 7) is 2.98. The zero-order valence-corrected chi connectivity index (χ0v) is 18.9. The van der Waals surface area contributed by atoms with Crippen LogP contribution in [0.2, 0.25) is 0 Å². The van der Waals surface area contributed by atoms with Crippen molar-refractivity contribution in [2.75, 3.05) is 20.2 Å². The van der Waals surface area contributed by atoms with Gasteiger partial charge in [-0.25, -0.2) is 0 Å². The molecule has 0 radical (unpaired) electrons. The van der Waals surface area contributed by atoms with E-state index in [-0.39, 0.29) is 18.3 Å². The SMILES string of the molecule is COC(=O)C1CC(=O)N(Cc2ccccc2)C12CCN(Cc1ccc3nsnc3c1)CC2. The number of esters is 1. The van der Waals surface area contributed by atoms with Gasteiger partial charge in [0.15, 0.2) is 0 Å². The number of aromatic nitrogens is 2. The second-order valence-corrected chi connectivity index (χ2v) is 9.24. The number of benzene rings is 2. The normalized spacial score (nSPS) is 20.8. The lowest BCUT2D eigenvalue weighted by Crippen LogP contribution is -2.57. The second kappa shape index (κ2) is 8.60. The van der Waals surface area contributed by atoms with E-state index in [1.165, 1.54) is 24.4 Å². The van der Waals surface area contributed by atoms with E-state index in [9.17, 15) is 9.59 Å². The van der Waals surface area contributed by atoms with Crippen LogP contribution in [0.5, 0.6) is 0 Å². The molecule has 1 atom stereocenters. The van der Waals surface area contributed by atoms with E-state index >= 15 is 0 Å². The third-order valence-electron chi connectivity index (χ3n) is 6.98. The molecule has 2 fully saturated rings. The summed E-state index contributed by atoms with van der Waals surface area (Å²) in [5.74, 6) is -0.647.